The summed E-state index contributed by atoms with van der Waals surface area (Å²) >= 11 is 0. The Balaban J connectivity index is 1.55. The van der Waals surface area contributed by atoms with Crippen molar-refractivity contribution in [2.24, 2.45) is 0 Å². The minimum atomic E-state index is -0.843. The number of nitrogens with zero attached hydrogens (tertiary/aromatic N) is 3. The fourth-order valence-corrected chi connectivity index (χ4v) is 3.47. The van der Waals surface area contributed by atoms with Gasteiger partial charge in [0.05, 0.1) is 19.3 Å². The molecule has 3 aromatic rings. The first kappa shape index (κ1) is 16.5. The van der Waals surface area contributed by atoms with Gasteiger partial charge in [-0.2, -0.15) is 0 Å². The van der Waals surface area contributed by atoms with Crippen molar-refractivity contribution >= 4 is 5.82 Å². The smallest absolute Gasteiger partial charge is 0.151 e. The maximum absolute atomic E-state index is 11.0. The lowest BCUT2D eigenvalue weighted by molar-refractivity contribution is 0.0606. The number of hydrogen-bond acceptors (Lipinski definition) is 5. The summed E-state index contributed by atoms with van der Waals surface area (Å²) < 4.78 is 5.39. The van der Waals surface area contributed by atoms with E-state index >= 15 is 0 Å². The lowest BCUT2D eigenvalue weighted by Gasteiger charge is -2.24. The standard InChI is InChI=1S/C21H21N3O2/c1-26-19-10-6-5-9-17(19)18-11-12-20(23-22-18)24-14-13-21(25,15-24)16-7-3-2-4-8-16/h2-12,25H,13-15H2,1H3/t21-/m1/s1. The number of β-amino-alcohol motifs (C(OH)–C–C–N with tert-alkyl or cyclic N) is 1. The van der Waals surface area contributed by atoms with Crippen LogP contribution in [0.4, 0.5) is 5.82 Å². The van der Waals surface area contributed by atoms with Crippen LogP contribution < -0.4 is 9.64 Å². The monoisotopic (exact) mass is 347 g/mol. The van der Waals surface area contributed by atoms with Crippen molar-refractivity contribution in [1.29, 1.82) is 0 Å². The summed E-state index contributed by atoms with van der Waals surface area (Å²) in [6, 6.07) is 21.5. The summed E-state index contributed by atoms with van der Waals surface area (Å²) in [6.45, 7) is 1.26. The van der Waals surface area contributed by atoms with Gasteiger partial charge in [0.15, 0.2) is 5.82 Å². The van der Waals surface area contributed by atoms with Crippen LogP contribution in [0.15, 0.2) is 66.7 Å². The number of rotatable bonds is 4. The third-order valence-electron chi connectivity index (χ3n) is 4.92. The fourth-order valence-electron chi connectivity index (χ4n) is 3.47. The lowest BCUT2D eigenvalue weighted by Crippen LogP contribution is -2.31. The molecular formula is C21H21N3O2. The van der Waals surface area contributed by atoms with E-state index in [1.54, 1.807) is 7.11 Å². The Morgan fingerprint density at radius 3 is 2.46 bits per heavy atom. The Morgan fingerprint density at radius 2 is 1.73 bits per heavy atom. The molecule has 1 aliphatic rings. The van der Waals surface area contributed by atoms with Crippen molar-refractivity contribution in [3.63, 3.8) is 0 Å². The first-order valence-electron chi connectivity index (χ1n) is 8.70. The average molecular weight is 347 g/mol. The van der Waals surface area contributed by atoms with Gasteiger partial charge in [-0.1, -0.05) is 42.5 Å². The summed E-state index contributed by atoms with van der Waals surface area (Å²) in [7, 11) is 1.65. The van der Waals surface area contributed by atoms with E-state index in [2.05, 4.69) is 15.1 Å². The highest BCUT2D eigenvalue weighted by atomic mass is 16.5. The van der Waals surface area contributed by atoms with E-state index in [0.29, 0.717) is 13.0 Å². The number of anilines is 1. The average Bonchev–Trinajstić information content (AvgIpc) is 3.12. The third kappa shape index (κ3) is 3.02. The van der Waals surface area contributed by atoms with E-state index in [0.717, 1.165) is 34.9 Å². The molecule has 0 amide bonds. The Labute approximate surface area is 152 Å². The van der Waals surface area contributed by atoms with Crippen LogP contribution in [0.2, 0.25) is 0 Å². The maximum Gasteiger partial charge on any atom is 0.151 e. The minimum Gasteiger partial charge on any atom is -0.496 e. The molecule has 0 unspecified atom stereocenters. The predicted molar refractivity (Wildman–Crippen MR) is 101 cm³/mol. The minimum absolute atomic E-state index is 0.514. The second kappa shape index (κ2) is 6.77. The molecular weight excluding hydrogens is 326 g/mol. The van der Waals surface area contributed by atoms with E-state index in [-0.39, 0.29) is 0 Å². The van der Waals surface area contributed by atoms with Gasteiger partial charge in [-0.25, -0.2) is 0 Å². The van der Waals surface area contributed by atoms with Gasteiger partial charge >= 0.3 is 0 Å². The molecule has 132 valence electrons. The predicted octanol–water partition coefficient (Wildman–Crippen LogP) is 3.25. The second-order valence-corrected chi connectivity index (χ2v) is 6.55. The molecule has 0 saturated carbocycles. The SMILES string of the molecule is COc1ccccc1-c1ccc(N2CC[C@](O)(c3ccccc3)C2)nn1. The number of ether oxygens (including phenoxy) is 1. The number of aliphatic hydroxyl groups is 1. The van der Waals surface area contributed by atoms with Crippen LogP contribution in [0.25, 0.3) is 11.3 Å². The normalized spacial score (nSPS) is 19.5. The molecule has 0 spiro atoms. The molecule has 0 aliphatic carbocycles. The van der Waals surface area contributed by atoms with Gasteiger partial charge in [0.2, 0.25) is 0 Å². The molecule has 5 nitrogen and oxygen atoms in total. The summed E-state index contributed by atoms with van der Waals surface area (Å²) in [5.74, 6) is 1.55. The van der Waals surface area contributed by atoms with Crippen molar-refractivity contribution in [3.8, 4) is 17.0 Å². The number of hydrogen-bond donors (Lipinski definition) is 1. The van der Waals surface area contributed by atoms with Crippen LogP contribution in [0.1, 0.15) is 12.0 Å². The lowest BCUT2D eigenvalue weighted by atomic mass is 9.93. The van der Waals surface area contributed by atoms with Gasteiger partial charge in [-0.15, -0.1) is 10.2 Å². The molecule has 1 N–H and O–H groups in total. The van der Waals surface area contributed by atoms with E-state index in [9.17, 15) is 5.11 Å². The molecule has 0 bridgehead atoms. The molecule has 1 aliphatic heterocycles. The summed E-state index contributed by atoms with van der Waals surface area (Å²) in [5, 5.41) is 19.7. The summed E-state index contributed by atoms with van der Waals surface area (Å²) in [6.07, 6.45) is 0.674. The first-order valence-corrected chi connectivity index (χ1v) is 8.70. The number of para-hydroxylation sites is 1. The van der Waals surface area contributed by atoms with Gasteiger partial charge in [0.25, 0.3) is 0 Å². The van der Waals surface area contributed by atoms with Crippen LogP contribution >= 0.6 is 0 Å². The quantitative estimate of drug-likeness (QED) is 0.785. The second-order valence-electron chi connectivity index (χ2n) is 6.55. The Kier molecular flexibility index (Phi) is 4.31. The van der Waals surface area contributed by atoms with Crippen LogP contribution in [0.3, 0.4) is 0 Å². The molecule has 5 heteroatoms. The largest absolute Gasteiger partial charge is 0.496 e. The maximum atomic E-state index is 11.0. The van der Waals surface area contributed by atoms with Gasteiger partial charge in [-0.3, -0.25) is 0 Å². The van der Waals surface area contributed by atoms with Gasteiger partial charge in [0.1, 0.15) is 11.4 Å². The molecule has 4 rings (SSSR count). The van der Waals surface area contributed by atoms with E-state index in [4.69, 9.17) is 4.74 Å². The van der Waals surface area contributed by atoms with Gasteiger partial charge in [-0.05, 0) is 36.2 Å². The summed E-state index contributed by atoms with van der Waals surface area (Å²) in [5.41, 5.74) is 1.78. The number of benzene rings is 2. The molecule has 1 fully saturated rings. The van der Waals surface area contributed by atoms with E-state index < -0.39 is 5.60 Å². The van der Waals surface area contributed by atoms with Crippen molar-refractivity contribution in [2.45, 2.75) is 12.0 Å². The zero-order chi connectivity index (χ0) is 18.0. The Morgan fingerprint density at radius 1 is 0.962 bits per heavy atom. The Hall–Kier alpha value is -2.92. The van der Waals surface area contributed by atoms with Crippen molar-refractivity contribution < 1.29 is 9.84 Å². The summed E-state index contributed by atoms with van der Waals surface area (Å²) in [4.78, 5) is 2.08. The zero-order valence-corrected chi connectivity index (χ0v) is 14.7. The van der Waals surface area contributed by atoms with E-state index in [1.807, 2.05) is 66.7 Å². The van der Waals surface area contributed by atoms with Crippen LogP contribution in [-0.4, -0.2) is 35.5 Å². The highest BCUT2D eigenvalue weighted by molar-refractivity contribution is 5.67. The van der Waals surface area contributed by atoms with Crippen LogP contribution in [0, 0.1) is 0 Å². The zero-order valence-electron chi connectivity index (χ0n) is 14.7. The van der Waals surface area contributed by atoms with E-state index in [1.165, 1.54) is 0 Å². The van der Waals surface area contributed by atoms with Crippen molar-refractivity contribution in [3.05, 3.63) is 72.3 Å². The van der Waals surface area contributed by atoms with Crippen molar-refractivity contribution in [1.82, 2.24) is 10.2 Å². The van der Waals surface area contributed by atoms with Crippen LogP contribution in [0.5, 0.6) is 5.75 Å². The highest BCUT2D eigenvalue weighted by Gasteiger charge is 2.38. The molecule has 2 aromatic carbocycles. The number of aromatic nitrogens is 2. The van der Waals surface area contributed by atoms with Gasteiger partial charge in [0, 0.05) is 12.1 Å². The fraction of sp³-hybridized carbons (Fsp3) is 0.238. The topological polar surface area (TPSA) is 58.5 Å². The molecule has 1 atom stereocenters. The Bertz CT molecular complexity index is 883. The molecule has 1 aromatic heterocycles. The first-order chi connectivity index (χ1) is 12.7. The molecule has 0 radical (unpaired) electrons. The third-order valence-corrected chi connectivity index (χ3v) is 4.92. The molecule has 1 saturated heterocycles. The highest BCUT2D eigenvalue weighted by Crippen LogP contribution is 2.34. The van der Waals surface area contributed by atoms with Crippen LogP contribution in [-0.2, 0) is 5.60 Å². The molecule has 26 heavy (non-hydrogen) atoms. The molecule has 2 heterocycles. The van der Waals surface area contributed by atoms with Gasteiger partial charge < -0.3 is 14.7 Å². The van der Waals surface area contributed by atoms with Crippen molar-refractivity contribution in [2.75, 3.05) is 25.1 Å². The number of methoxy groups -OCH3 is 1.